The summed E-state index contributed by atoms with van der Waals surface area (Å²) in [5.74, 6) is -3.28. The smallest absolute Gasteiger partial charge is 0.238 e. The Kier molecular flexibility index (Phi) is 7.05. The molecule has 10 heteroatoms. The van der Waals surface area contributed by atoms with E-state index >= 15 is 0 Å². The van der Waals surface area contributed by atoms with Crippen LogP contribution in [0.3, 0.4) is 0 Å². The van der Waals surface area contributed by atoms with Crippen LogP contribution >= 0.6 is 0 Å². The third kappa shape index (κ3) is 4.24. The summed E-state index contributed by atoms with van der Waals surface area (Å²) in [6.45, 7) is 0. The maximum absolute atomic E-state index is 14.0. The number of carbonyl (C=O) groups excluding carboxylic acids is 5. The molecule has 0 spiro atoms. The third-order valence-corrected chi connectivity index (χ3v) is 8.60. The average Bonchev–Trinajstić information content (AvgIpc) is 2.94. The van der Waals surface area contributed by atoms with Gasteiger partial charge in [0.1, 0.15) is 11.5 Å². The van der Waals surface area contributed by atoms with Crippen molar-refractivity contribution < 1.29 is 38.9 Å². The molecule has 1 amide bonds. The number of nitrogens with zero attached hydrogens (tertiary/aromatic N) is 1. The molecule has 41 heavy (non-hydrogen) atoms. The number of Topliss-reactive ketones (excluding diaryl/α,β-unsaturated/α-hetero) is 4. The van der Waals surface area contributed by atoms with Gasteiger partial charge in [-0.1, -0.05) is 11.8 Å². The van der Waals surface area contributed by atoms with Gasteiger partial charge >= 0.3 is 0 Å². The predicted octanol–water partition coefficient (Wildman–Crippen LogP) is 0.536. The maximum atomic E-state index is 14.0. The molecular weight excluding hydrogens is 528 g/mol. The van der Waals surface area contributed by atoms with Gasteiger partial charge in [0.05, 0.1) is 24.6 Å². The molecule has 3 aliphatic carbocycles. The number of fused-ring (bicyclic) bond motifs is 3. The van der Waals surface area contributed by atoms with Crippen LogP contribution < -0.4 is 10.1 Å². The molecular formula is C31H30N2O8. The SMILES string of the molecule is CNC(=O)C1C(=O)[C@@H](N(C)C)[C@@H]2C[C@@H]3Cc4c(C#Cc5ccc(OC)cc5)ccc(O)c4C(=O)C3C(=O)[C@]2(O)C1=O. The van der Waals surface area contributed by atoms with Crippen LogP contribution in [0, 0.1) is 35.5 Å². The van der Waals surface area contributed by atoms with Crippen molar-refractivity contribution in [2.24, 2.45) is 23.7 Å². The lowest BCUT2D eigenvalue weighted by Crippen LogP contribution is -2.74. The number of phenols is 1. The number of hydrogen-bond donors (Lipinski definition) is 3. The number of aliphatic hydroxyl groups is 1. The first-order valence-corrected chi connectivity index (χ1v) is 13.2. The minimum absolute atomic E-state index is 0.000117. The van der Waals surface area contributed by atoms with Crippen LogP contribution in [0.25, 0.3) is 0 Å². The van der Waals surface area contributed by atoms with Crippen LogP contribution in [0.5, 0.6) is 11.5 Å². The zero-order valence-electron chi connectivity index (χ0n) is 23.1. The molecule has 2 fully saturated rings. The molecule has 2 aromatic carbocycles. The molecule has 5 rings (SSSR count). The van der Waals surface area contributed by atoms with E-state index in [2.05, 4.69) is 17.2 Å². The predicted molar refractivity (Wildman–Crippen MR) is 145 cm³/mol. The number of aromatic hydroxyl groups is 1. The number of nitrogens with one attached hydrogen (secondary N) is 1. The highest BCUT2D eigenvalue weighted by atomic mass is 16.5. The minimum Gasteiger partial charge on any atom is -0.507 e. The molecule has 0 saturated heterocycles. The molecule has 10 nitrogen and oxygen atoms in total. The van der Waals surface area contributed by atoms with Crippen molar-refractivity contribution >= 4 is 29.0 Å². The molecule has 6 atom stereocenters. The second-order valence-corrected chi connectivity index (χ2v) is 11.0. The highest BCUT2D eigenvalue weighted by Crippen LogP contribution is 2.51. The highest BCUT2D eigenvalue weighted by Gasteiger charge is 2.69. The van der Waals surface area contributed by atoms with E-state index in [1.54, 1.807) is 51.5 Å². The number of likely N-dealkylation sites (N-methyl/N-ethyl adjacent to an activating group) is 1. The van der Waals surface area contributed by atoms with E-state index in [9.17, 15) is 34.2 Å². The molecule has 3 aliphatic rings. The fourth-order valence-electron chi connectivity index (χ4n) is 6.66. The molecule has 2 saturated carbocycles. The Balaban J connectivity index is 1.59. The molecule has 2 aromatic rings. The lowest BCUT2D eigenvalue weighted by atomic mass is 9.52. The summed E-state index contributed by atoms with van der Waals surface area (Å²) in [6.07, 6.45) is 0.159. The zero-order valence-corrected chi connectivity index (χ0v) is 23.1. The van der Waals surface area contributed by atoms with Crippen molar-refractivity contribution in [1.29, 1.82) is 0 Å². The minimum atomic E-state index is -2.71. The van der Waals surface area contributed by atoms with Gasteiger partial charge in [-0.15, -0.1) is 0 Å². The molecule has 0 heterocycles. The third-order valence-electron chi connectivity index (χ3n) is 8.60. The second-order valence-electron chi connectivity index (χ2n) is 11.0. The van der Waals surface area contributed by atoms with Gasteiger partial charge in [0, 0.05) is 24.1 Å². The Morgan fingerprint density at radius 3 is 2.34 bits per heavy atom. The normalized spacial score (nSPS) is 28.7. The zero-order chi connectivity index (χ0) is 29.8. The van der Waals surface area contributed by atoms with Gasteiger partial charge in [-0.05, 0) is 74.8 Å². The summed E-state index contributed by atoms with van der Waals surface area (Å²) in [7, 11) is 5.96. The first-order chi connectivity index (χ1) is 19.4. The largest absolute Gasteiger partial charge is 0.507 e. The van der Waals surface area contributed by atoms with Crippen molar-refractivity contribution in [2.75, 3.05) is 28.3 Å². The summed E-state index contributed by atoms with van der Waals surface area (Å²) >= 11 is 0. The van der Waals surface area contributed by atoms with Gasteiger partial charge in [0.2, 0.25) is 5.91 Å². The summed E-state index contributed by atoms with van der Waals surface area (Å²) in [4.78, 5) is 68.8. The molecule has 2 unspecified atom stereocenters. The molecule has 3 N–H and O–H groups in total. The van der Waals surface area contributed by atoms with E-state index in [4.69, 9.17) is 4.74 Å². The van der Waals surface area contributed by atoms with E-state index in [1.165, 1.54) is 18.0 Å². The van der Waals surface area contributed by atoms with E-state index in [1.807, 2.05) is 0 Å². The fourth-order valence-corrected chi connectivity index (χ4v) is 6.66. The lowest BCUT2D eigenvalue weighted by Gasteiger charge is -2.52. The number of phenolic OH excluding ortho intramolecular Hbond substituents is 1. The Labute approximate surface area is 236 Å². The molecule has 0 radical (unpaired) electrons. The number of ether oxygens (including phenoxy) is 1. The van der Waals surface area contributed by atoms with Crippen LogP contribution in [-0.4, -0.2) is 84.0 Å². The Morgan fingerprint density at radius 2 is 1.73 bits per heavy atom. The number of carbonyl (C=O) groups is 5. The van der Waals surface area contributed by atoms with Gasteiger partial charge in [-0.25, -0.2) is 0 Å². The summed E-state index contributed by atoms with van der Waals surface area (Å²) in [5, 5.41) is 24.7. The van der Waals surface area contributed by atoms with Gasteiger partial charge in [-0.3, -0.25) is 28.9 Å². The van der Waals surface area contributed by atoms with E-state index in [-0.39, 0.29) is 24.2 Å². The number of ketones is 4. The average molecular weight is 559 g/mol. The van der Waals surface area contributed by atoms with Crippen molar-refractivity contribution in [3.63, 3.8) is 0 Å². The Hall–Kier alpha value is -4.33. The maximum Gasteiger partial charge on any atom is 0.238 e. The van der Waals surface area contributed by atoms with E-state index < -0.39 is 64.4 Å². The highest BCUT2D eigenvalue weighted by molar-refractivity contribution is 6.32. The molecule has 0 bridgehead atoms. The van der Waals surface area contributed by atoms with Crippen LogP contribution in [0.1, 0.15) is 33.5 Å². The monoisotopic (exact) mass is 558 g/mol. The topological polar surface area (TPSA) is 150 Å². The van der Waals surface area contributed by atoms with Crippen LogP contribution in [0.4, 0.5) is 0 Å². The van der Waals surface area contributed by atoms with E-state index in [0.29, 0.717) is 22.4 Å². The number of benzene rings is 2. The van der Waals surface area contributed by atoms with Crippen LogP contribution in [0.2, 0.25) is 0 Å². The van der Waals surface area contributed by atoms with Crippen molar-refractivity contribution in [1.82, 2.24) is 10.2 Å². The summed E-state index contributed by atoms with van der Waals surface area (Å²) in [5.41, 5.74) is -1.13. The van der Waals surface area contributed by atoms with Gasteiger partial charge in [0.15, 0.2) is 34.7 Å². The first kappa shape index (κ1) is 28.2. The van der Waals surface area contributed by atoms with Crippen molar-refractivity contribution in [2.45, 2.75) is 24.5 Å². The van der Waals surface area contributed by atoms with Gasteiger partial charge < -0.3 is 20.3 Å². The summed E-state index contributed by atoms with van der Waals surface area (Å²) < 4.78 is 5.17. The molecule has 212 valence electrons. The molecule has 0 aromatic heterocycles. The van der Waals surface area contributed by atoms with Crippen molar-refractivity contribution in [3.05, 3.63) is 58.7 Å². The number of methoxy groups -OCH3 is 1. The lowest BCUT2D eigenvalue weighted by molar-refractivity contribution is -0.181. The van der Waals surface area contributed by atoms with E-state index in [0.717, 1.165) is 0 Å². The quantitative estimate of drug-likeness (QED) is 0.362. The Bertz CT molecular complexity index is 1550. The van der Waals surface area contributed by atoms with Gasteiger partial charge in [-0.2, -0.15) is 0 Å². The van der Waals surface area contributed by atoms with Crippen molar-refractivity contribution in [3.8, 4) is 23.3 Å². The van der Waals surface area contributed by atoms with Crippen LogP contribution in [-0.2, 0) is 25.6 Å². The first-order valence-electron chi connectivity index (χ1n) is 13.2. The summed E-state index contributed by atoms with van der Waals surface area (Å²) in [6, 6.07) is 8.91. The number of rotatable bonds is 3. The number of amides is 1. The second kappa shape index (κ2) is 10.3. The van der Waals surface area contributed by atoms with Crippen LogP contribution in [0.15, 0.2) is 36.4 Å². The number of hydrogen-bond acceptors (Lipinski definition) is 9. The standard InChI is InChI=1S/C31H30N2O8/c1-32-30(39)24-27(36)25(33(2)3)20-14-17-13-19-16(8-5-15-6-10-18(41-4)11-7-15)9-12-21(34)23(19)26(35)22(17)28(37)31(20,40)29(24)38/h6-7,9-12,17,20,22,24-25,34,40H,13-14H2,1-4H3,(H,32,39)/t17-,20-,22?,24?,25-,31-/m0/s1. The Morgan fingerprint density at radius 1 is 1.05 bits per heavy atom. The van der Waals surface area contributed by atoms with Gasteiger partial charge in [0.25, 0.3) is 0 Å². The fraction of sp³-hybridized carbons (Fsp3) is 0.387. The molecule has 0 aliphatic heterocycles.